The van der Waals surface area contributed by atoms with E-state index in [0.717, 1.165) is 11.1 Å². The molecular formula is C12H8-2. The quantitative estimate of drug-likeness (QED) is 0.551. The standard InChI is InChI=1S/C12H8/c1-3-7-11(8-4-1)12-9-5-2-6-10-12/h1-7,9H/q-2. The third-order valence-corrected chi connectivity index (χ3v) is 1.71. The van der Waals surface area contributed by atoms with E-state index in [1.165, 1.54) is 0 Å². The monoisotopic (exact) mass is 152 g/mol. The fourth-order valence-electron chi connectivity index (χ4n) is 1.12. The molecule has 0 saturated heterocycles. The van der Waals surface area contributed by atoms with Gasteiger partial charge in [0, 0.05) is 0 Å². The molecule has 0 unspecified atom stereocenters. The molecule has 0 aliphatic rings. The van der Waals surface area contributed by atoms with Crippen molar-refractivity contribution in [1.29, 1.82) is 0 Å². The molecule has 0 bridgehead atoms. The molecule has 2 rings (SSSR count). The molecule has 2 aromatic carbocycles. The fraction of sp³-hybridized carbons (Fsp3) is 0. The van der Waals surface area contributed by atoms with E-state index in [1.54, 1.807) is 0 Å². The van der Waals surface area contributed by atoms with Gasteiger partial charge in [-0.3, -0.25) is 0 Å². The van der Waals surface area contributed by atoms with Crippen molar-refractivity contribution in [3.8, 4) is 11.1 Å². The number of benzene rings is 2. The van der Waals surface area contributed by atoms with Crippen molar-refractivity contribution in [2.75, 3.05) is 0 Å². The number of hydrogen-bond acceptors (Lipinski definition) is 0. The molecule has 12 heavy (non-hydrogen) atoms. The maximum absolute atomic E-state index is 3.15. The van der Waals surface area contributed by atoms with Crippen LogP contribution in [0.25, 0.3) is 11.1 Å². The van der Waals surface area contributed by atoms with E-state index in [-0.39, 0.29) is 0 Å². The van der Waals surface area contributed by atoms with E-state index in [2.05, 4.69) is 12.1 Å². The Morgan fingerprint density at radius 3 is 1.50 bits per heavy atom. The average Bonchev–Trinajstić information content (AvgIpc) is 2.21. The summed E-state index contributed by atoms with van der Waals surface area (Å²) >= 11 is 0. The Balaban J connectivity index is 2.46. The van der Waals surface area contributed by atoms with Gasteiger partial charge >= 0.3 is 0 Å². The highest BCUT2D eigenvalue weighted by Crippen LogP contribution is 2.15. The summed E-state index contributed by atoms with van der Waals surface area (Å²) in [5.74, 6) is 0. The van der Waals surface area contributed by atoms with Crippen molar-refractivity contribution >= 4 is 0 Å². The summed E-state index contributed by atoms with van der Waals surface area (Å²) in [5.41, 5.74) is 2.19. The van der Waals surface area contributed by atoms with Gasteiger partial charge in [0.2, 0.25) is 0 Å². The molecule has 2 aromatic rings. The van der Waals surface area contributed by atoms with Crippen LogP contribution in [0.15, 0.2) is 48.5 Å². The van der Waals surface area contributed by atoms with Crippen LogP contribution in [0, 0.1) is 12.1 Å². The molecular weight excluding hydrogens is 144 g/mol. The summed E-state index contributed by atoms with van der Waals surface area (Å²) in [5, 5.41) is 0. The maximum Gasteiger partial charge on any atom is -0.144 e. The van der Waals surface area contributed by atoms with Gasteiger partial charge in [0.15, 0.2) is 0 Å². The first-order valence-electron chi connectivity index (χ1n) is 3.90. The summed E-state index contributed by atoms with van der Waals surface area (Å²) in [6.45, 7) is 0. The van der Waals surface area contributed by atoms with Gasteiger partial charge in [-0.25, -0.2) is 11.1 Å². The smallest absolute Gasteiger partial charge is 0.144 e. The molecule has 0 aliphatic carbocycles. The fourth-order valence-corrected chi connectivity index (χ4v) is 1.12. The Bertz CT molecular complexity index is 297. The molecule has 0 atom stereocenters. The van der Waals surface area contributed by atoms with Crippen molar-refractivity contribution in [3.63, 3.8) is 0 Å². The van der Waals surface area contributed by atoms with E-state index >= 15 is 0 Å². The second-order valence-electron chi connectivity index (χ2n) is 2.55. The van der Waals surface area contributed by atoms with Crippen molar-refractivity contribution in [2.45, 2.75) is 0 Å². The minimum absolute atomic E-state index is 1.10. The molecule has 0 heterocycles. The summed E-state index contributed by atoms with van der Waals surface area (Å²) in [6.07, 6.45) is 0. The van der Waals surface area contributed by atoms with Crippen molar-refractivity contribution in [3.05, 3.63) is 60.7 Å². The van der Waals surface area contributed by atoms with Gasteiger partial charge in [0.25, 0.3) is 0 Å². The van der Waals surface area contributed by atoms with Gasteiger partial charge in [-0.05, 0) is 0 Å². The molecule has 0 radical (unpaired) electrons. The Morgan fingerprint density at radius 1 is 0.667 bits per heavy atom. The SMILES string of the molecule is [c-]1ccccc1-c1[c-]cccc1. The zero-order valence-corrected chi connectivity index (χ0v) is 6.62. The highest BCUT2D eigenvalue weighted by atomic mass is 14.0. The van der Waals surface area contributed by atoms with E-state index in [1.807, 2.05) is 48.5 Å². The van der Waals surface area contributed by atoms with Crippen LogP contribution in [0.2, 0.25) is 0 Å². The van der Waals surface area contributed by atoms with Crippen LogP contribution in [0.1, 0.15) is 0 Å². The van der Waals surface area contributed by atoms with Crippen LogP contribution < -0.4 is 0 Å². The normalized spacial score (nSPS) is 9.67. The molecule has 0 heteroatoms. The van der Waals surface area contributed by atoms with Crippen LogP contribution >= 0.6 is 0 Å². The topological polar surface area (TPSA) is 0 Å². The third kappa shape index (κ3) is 1.37. The van der Waals surface area contributed by atoms with Gasteiger partial charge in [0.05, 0.1) is 0 Å². The largest absolute Gasteiger partial charge is 0.226 e. The second kappa shape index (κ2) is 3.22. The Morgan fingerprint density at radius 2 is 1.17 bits per heavy atom. The minimum Gasteiger partial charge on any atom is -0.226 e. The molecule has 0 saturated carbocycles. The molecule has 0 fully saturated rings. The summed E-state index contributed by atoms with van der Waals surface area (Å²) in [7, 11) is 0. The average molecular weight is 152 g/mol. The van der Waals surface area contributed by atoms with Crippen molar-refractivity contribution in [2.24, 2.45) is 0 Å². The Kier molecular flexibility index (Phi) is 1.91. The van der Waals surface area contributed by atoms with E-state index in [9.17, 15) is 0 Å². The molecule has 0 spiro atoms. The lowest BCUT2D eigenvalue weighted by atomic mass is 10.1. The van der Waals surface area contributed by atoms with E-state index in [0.29, 0.717) is 0 Å². The lowest BCUT2D eigenvalue weighted by Gasteiger charge is -2.14. The highest BCUT2D eigenvalue weighted by molar-refractivity contribution is 5.61. The molecule has 0 aliphatic heterocycles. The van der Waals surface area contributed by atoms with Gasteiger partial charge in [-0.2, -0.15) is 48.5 Å². The van der Waals surface area contributed by atoms with Gasteiger partial charge in [0.1, 0.15) is 0 Å². The predicted molar refractivity (Wildman–Crippen MR) is 49.6 cm³/mol. The van der Waals surface area contributed by atoms with Crippen LogP contribution in [0.3, 0.4) is 0 Å². The van der Waals surface area contributed by atoms with E-state index < -0.39 is 0 Å². The van der Waals surface area contributed by atoms with Crippen molar-refractivity contribution < 1.29 is 0 Å². The Labute approximate surface area is 72.5 Å². The second-order valence-corrected chi connectivity index (χ2v) is 2.55. The molecule has 0 amide bonds. The van der Waals surface area contributed by atoms with Crippen LogP contribution in [0.4, 0.5) is 0 Å². The minimum atomic E-state index is 1.10. The van der Waals surface area contributed by atoms with Gasteiger partial charge < -0.3 is 0 Å². The first-order chi connectivity index (χ1) is 5.97. The molecule has 0 aromatic heterocycles. The first kappa shape index (κ1) is 7.11. The number of rotatable bonds is 1. The lowest BCUT2D eigenvalue weighted by Crippen LogP contribution is -1.74. The zero-order chi connectivity index (χ0) is 8.23. The van der Waals surface area contributed by atoms with Crippen LogP contribution in [-0.4, -0.2) is 0 Å². The summed E-state index contributed by atoms with van der Waals surface area (Å²) < 4.78 is 0. The van der Waals surface area contributed by atoms with Crippen LogP contribution in [0.5, 0.6) is 0 Å². The molecule has 58 valence electrons. The van der Waals surface area contributed by atoms with Gasteiger partial charge in [-0.15, -0.1) is 12.1 Å². The highest BCUT2D eigenvalue weighted by Gasteiger charge is 1.75. The third-order valence-electron chi connectivity index (χ3n) is 1.71. The molecule has 0 N–H and O–H groups in total. The summed E-state index contributed by atoms with van der Waals surface area (Å²) in [6, 6.07) is 22.1. The Hall–Kier alpha value is -1.56. The van der Waals surface area contributed by atoms with Crippen LogP contribution in [-0.2, 0) is 0 Å². The summed E-state index contributed by atoms with van der Waals surface area (Å²) in [4.78, 5) is 0. The lowest BCUT2D eigenvalue weighted by molar-refractivity contribution is 1.60. The van der Waals surface area contributed by atoms with Gasteiger partial charge in [-0.1, -0.05) is 0 Å². The van der Waals surface area contributed by atoms with Crippen molar-refractivity contribution in [1.82, 2.24) is 0 Å². The van der Waals surface area contributed by atoms with E-state index in [4.69, 9.17) is 0 Å². The number of hydrogen-bond donors (Lipinski definition) is 0. The maximum atomic E-state index is 3.15. The molecule has 0 nitrogen and oxygen atoms in total. The predicted octanol–water partition coefficient (Wildman–Crippen LogP) is 2.95. The zero-order valence-electron chi connectivity index (χ0n) is 6.62. The first-order valence-corrected chi connectivity index (χ1v) is 3.90.